The molecule has 0 amide bonds. The Labute approximate surface area is 483 Å². The molecule has 0 radical (unpaired) electrons. The van der Waals surface area contributed by atoms with E-state index in [0.717, 1.165) is 95.7 Å². The largest absolute Gasteiger partial charge is 0.457 e. The van der Waals surface area contributed by atoms with Gasteiger partial charge in [-0.3, -0.25) is 0 Å². The van der Waals surface area contributed by atoms with Crippen molar-refractivity contribution in [2.24, 2.45) is 0 Å². The molecule has 388 valence electrons. The highest BCUT2D eigenvalue weighted by atomic mass is 16.5. The second kappa shape index (κ2) is 18.4. The highest BCUT2D eigenvalue weighted by Crippen LogP contribution is 2.65. The third kappa shape index (κ3) is 6.74. The van der Waals surface area contributed by atoms with E-state index in [1.54, 1.807) is 0 Å². The lowest BCUT2D eigenvalue weighted by Gasteiger charge is -2.39. The van der Waals surface area contributed by atoms with Crippen LogP contribution in [0.15, 0.2) is 309 Å². The molecule has 0 atom stereocenters. The second-order valence-electron chi connectivity index (χ2n) is 22.1. The predicted molar refractivity (Wildman–Crippen MR) is 338 cm³/mol. The molecule has 0 unspecified atom stereocenters. The third-order valence-corrected chi connectivity index (χ3v) is 18.1. The summed E-state index contributed by atoms with van der Waals surface area (Å²) in [5.74, 6) is 3.53. The SMILES string of the molecule is c1ccc(-c2ccc(-c3ccccc3N(c3ccccc3-c3ccc4c(c3)-c3ccccc3C43c4ccccc4Oc4ccccc43)c3ccccc3-c3cccc4c3-c3ccccc3C43c4ccccc4Oc4ccccc43)cc2)cc1. The summed E-state index contributed by atoms with van der Waals surface area (Å²) in [6.07, 6.45) is 0. The lowest BCUT2D eigenvalue weighted by molar-refractivity contribution is 0.436. The highest BCUT2D eigenvalue weighted by molar-refractivity contribution is 6.03. The summed E-state index contributed by atoms with van der Waals surface area (Å²) >= 11 is 0. The number of fused-ring (bicyclic) bond motifs is 18. The Morgan fingerprint density at radius 2 is 0.554 bits per heavy atom. The molecule has 2 spiro atoms. The van der Waals surface area contributed by atoms with Gasteiger partial charge in [-0.15, -0.1) is 0 Å². The Morgan fingerprint density at radius 1 is 0.205 bits per heavy atom. The first-order chi connectivity index (χ1) is 41.2. The van der Waals surface area contributed by atoms with Crippen LogP contribution in [-0.4, -0.2) is 0 Å². The zero-order chi connectivity index (χ0) is 54.6. The van der Waals surface area contributed by atoms with Crippen LogP contribution in [0.5, 0.6) is 23.0 Å². The summed E-state index contributed by atoms with van der Waals surface area (Å²) in [6.45, 7) is 0. The van der Waals surface area contributed by atoms with E-state index in [1.165, 1.54) is 55.6 Å². The molecular weight excluding hydrogens is 1010 g/mol. The van der Waals surface area contributed by atoms with Crippen molar-refractivity contribution >= 4 is 17.1 Å². The Bertz CT molecular complexity index is 4670. The van der Waals surface area contributed by atoms with Gasteiger partial charge in [-0.2, -0.15) is 0 Å². The maximum absolute atomic E-state index is 6.77. The minimum Gasteiger partial charge on any atom is -0.457 e. The molecule has 3 nitrogen and oxygen atoms in total. The molecule has 17 rings (SSSR count). The van der Waals surface area contributed by atoms with Gasteiger partial charge in [0, 0.05) is 38.9 Å². The monoisotopic (exact) mass is 1060 g/mol. The average Bonchev–Trinajstić information content (AvgIpc) is 1.85. The van der Waals surface area contributed by atoms with Gasteiger partial charge in [0.25, 0.3) is 0 Å². The fourth-order valence-electron chi connectivity index (χ4n) is 14.7. The van der Waals surface area contributed by atoms with Crippen molar-refractivity contribution in [2.45, 2.75) is 10.8 Å². The summed E-state index contributed by atoms with van der Waals surface area (Å²) in [7, 11) is 0. The van der Waals surface area contributed by atoms with Crippen LogP contribution in [-0.2, 0) is 10.8 Å². The van der Waals surface area contributed by atoms with E-state index in [9.17, 15) is 0 Å². The first-order valence-electron chi connectivity index (χ1n) is 28.6. The molecule has 83 heavy (non-hydrogen) atoms. The normalized spacial score (nSPS) is 13.7. The molecule has 2 aliphatic heterocycles. The quantitative estimate of drug-likeness (QED) is 0.159. The van der Waals surface area contributed by atoms with Crippen molar-refractivity contribution in [1.29, 1.82) is 0 Å². The fourth-order valence-corrected chi connectivity index (χ4v) is 14.7. The molecule has 4 aliphatic rings. The van der Waals surface area contributed by atoms with Crippen molar-refractivity contribution < 1.29 is 9.47 Å². The Hall–Kier alpha value is -10.7. The number of benzene rings is 13. The minimum absolute atomic E-state index is 0.572. The molecule has 0 bridgehead atoms. The van der Waals surface area contributed by atoms with Crippen LogP contribution < -0.4 is 14.4 Å². The number of nitrogens with zero attached hydrogens (tertiary/aromatic N) is 1. The number of anilines is 3. The summed E-state index contributed by atoms with van der Waals surface area (Å²) < 4.78 is 13.5. The molecule has 13 aromatic rings. The minimum atomic E-state index is -0.618. The van der Waals surface area contributed by atoms with Crippen molar-refractivity contribution in [3.63, 3.8) is 0 Å². The molecule has 2 aliphatic carbocycles. The molecule has 0 saturated heterocycles. The number of para-hydroxylation sites is 7. The Kier molecular flexibility index (Phi) is 10.4. The fraction of sp³-hybridized carbons (Fsp3) is 0.0250. The maximum atomic E-state index is 6.77. The van der Waals surface area contributed by atoms with Crippen LogP contribution in [0.4, 0.5) is 17.1 Å². The van der Waals surface area contributed by atoms with Gasteiger partial charge in [0.1, 0.15) is 23.0 Å². The van der Waals surface area contributed by atoms with Crippen molar-refractivity contribution in [1.82, 2.24) is 0 Å². The third-order valence-electron chi connectivity index (χ3n) is 18.1. The van der Waals surface area contributed by atoms with Gasteiger partial charge < -0.3 is 14.4 Å². The van der Waals surface area contributed by atoms with Gasteiger partial charge in [0.05, 0.1) is 27.9 Å². The van der Waals surface area contributed by atoms with E-state index in [1.807, 2.05) is 0 Å². The van der Waals surface area contributed by atoms with Crippen LogP contribution in [0, 0.1) is 0 Å². The van der Waals surface area contributed by atoms with Crippen molar-refractivity contribution in [3.8, 4) is 89.8 Å². The van der Waals surface area contributed by atoms with E-state index in [4.69, 9.17) is 9.47 Å². The van der Waals surface area contributed by atoms with E-state index in [0.29, 0.717) is 0 Å². The van der Waals surface area contributed by atoms with Crippen molar-refractivity contribution in [3.05, 3.63) is 354 Å². The summed E-state index contributed by atoms with van der Waals surface area (Å²) in [4.78, 5) is 2.54. The van der Waals surface area contributed by atoms with E-state index in [2.05, 4.69) is 314 Å². The summed E-state index contributed by atoms with van der Waals surface area (Å²) in [6, 6.07) is 113. The van der Waals surface area contributed by atoms with Gasteiger partial charge in [-0.25, -0.2) is 0 Å². The molecule has 13 aromatic carbocycles. The summed E-state index contributed by atoms with van der Waals surface area (Å²) in [5, 5.41) is 0. The number of hydrogen-bond acceptors (Lipinski definition) is 3. The number of ether oxygens (including phenoxy) is 2. The number of rotatable bonds is 7. The number of hydrogen-bond donors (Lipinski definition) is 0. The zero-order valence-electron chi connectivity index (χ0n) is 45.2. The van der Waals surface area contributed by atoms with Crippen LogP contribution in [0.2, 0.25) is 0 Å². The topological polar surface area (TPSA) is 21.7 Å². The van der Waals surface area contributed by atoms with Gasteiger partial charge in [0.2, 0.25) is 0 Å². The first-order valence-corrected chi connectivity index (χ1v) is 28.6. The van der Waals surface area contributed by atoms with E-state index >= 15 is 0 Å². The molecule has 2 heterocycles. The average molecular weight is 1060 g/mol. The van der Waals surface area contributed by atoms with Gasteiger partial charge >= 0.3 is 0 Å². The predicted octanol–water partition coefficient (Wildman–Crippen LogP) is 20.8. The Morgan fingerprint density at radius 3 is 1.12 bits per heavy atom. The standard InChI is InChI=1S/C80H51NO2/c1-2-23-52(24-3-1)53-45-47-54(48-46-53)56-25-6-15-38-71(56)81(72-39-16-7-26-57(72)55-49-50-65-62(51-55)58-27-4-9-31-63(58)79(65)66-33-11-18-41-74(66)82-75-42-19-12-34-67(75)79)73-40-17-8-28-59(73)60-30-22-37-70-78(60)61-29-5-10-32-64(61)80(70)68-35-13-20-43-76(68)83-77-44-21-14-36-69(77)80/h1-51H. The highest BCUT2D eigenvalue weighted by Gasteiger charge is 2.53. The first kappa shape index (κ1) is 47.1. The van der Waals surface area contributed by atoms with Gasteiger partial charge in [-0.05, 0) is 121 Å². The van der Waals surface area contributed by atoms with Crippen LogP contribution in [0.25, 0.3) is 66.8 Å². The van der Waals surface area contributed by atoms with Gasteiger partial charge in [-0.1, -0.05) is 261 Å². The smallest absolute Gasteiger partial charge is 0.132 e. The molecule has 0 aromatic heterocycles. The van der Waals surface area contributed by atoms with Crippen molar-refractivity contribution in [2.75, 3.05) is 4.90 Å². The second-order valence-corrected chi connectivity index (χ2v) is 22.1. The van der Waals surface area contributed by atoms with Crippen LogP contribution in [0.1, 0.15) is 44.5 Å². The molecule has 3 heteroatoms. The zero-order valence-corrected chi connectivity index (χ0v) is 45.2. The molecular formula is C80H51NO2. The van der Waals surface area contributed by atoms with Crippen LogP contribution in [0.3, 0.4) is 0 Å². The lowest BCUT2D eigenvalue weighted by atomic mass is 9.66. The van der Waals surface area contributed by atoms with E-state index < -0.39 is 10.8 Å². The maximum Gasteiger partial charge on any atom is 0.132 e. The summed E-state index contributed by atoms with van der Waals surface area (Å²) in [5.41, 5.74) is 25.6. The van der Waals surface area contributed by atoms with Gasteiger partial charge in [0.15, 0.2) is 0 Å². The molecule has 0 N–H and O–H groups in total. The Balaban J connectivity index is 0.904. The lowest BCUT2D eigenvalue weighted by Crippen LogP contribution is -2.32. The van der Waals surface area contributed by atoms with E-state index in [-0.39, 0.29) is 0 Å². The molecule has 0 saturated carbocycles. The van der Waals surface area contributed by atoms with Crippen LogP contribution >= 0.6 is 0 Å². The molecule has 0 fully saturated rings.